The van der Waals surface area contributed by atoms with E-state index in [4.69, 9.17) is 0 Å². The highest BCUT2D eigenvalue weighted by atomic mass is 19.4. The van der Waals surface area contributed by atoms with E-state index in [1.54, 1.807) is 0 Å². The Morgan fingerprint density at radius 2 is 0.743 bits per heavy atom. The largest absolute Gasteiger partial charge is 0.416 e. The lowest BCUT2D eigenvalue weighted by Gasteiger charge is -2.21. The fourth-order valence-corrected chi connectivity index (χ4v) is 11.1. The van der Waals surface area contributed by atoms with Crippen LogP contribution in [0.3, 0.4) is 0 Å². The molecule has 0 fully saturated rings. The zero-order valence-corrected chi connectivity index (χ0v) is 41.0. The van der Waals surface area contributed by atoms with E-state index >= 15 is 0 Å². The molecule has 354 valence electrons. The van der Waals surface area contributed by atoms with Crippen molar-refractivity contribution in [3.63, 3.8) is 0 Å². The van der Waals surface area contributed by atoms with Crippen molar-refractivity contribution in [1.29, 1.82) is 10.5 Å². The van der Waals surface area contributed by atoms with Crippen LogP contribution in [0.2, 0.25) is 0 Å². The maximum Gasteiger partial charge on any atom is 0.416 e. The van der Waals surface area contributed by atoms with Crippen LogP contribution in [0.25, 0.3) is 111 Å². The lowest BCUT2D eigenvalue weighted by Crippen LogP contribution is -2.08. The van der Waals surface area contributed by atoms with Crippen LogP contribution in [0.5, 0.6) is 0 Å². The van der Waals surface area contributed by atoms with Gasteiger partial charge in [0, 0.05) is 27.1 Å². The summed E-state index contributed by atoms with van der Waals surface area (Å²) < 4.78 is 49.1. The summed E-state index contributed by atoms with van der Waals surface area (Å²) in [7, 11) is 0. The minimum Gasteiger partial charge on any atom is -0.308 e. The molecule has 4 nitrogen and oxygen atoms in total. The summed E-state index contributed by atoms with van der Waals surface area (Å²) in [5.74, 6) is 0. The van der Waals surface area contributed by atoms with Crippen molar-refractivity contribution < 1.29 is 13.2 Å². The van der Waals surface area contributed by atoms with Gasteiger partial charge >= 0.3 is 6.18 Å². The van der Waals surface area contributed by atoms with Crippen LogP contribution in [0.4, 0.5) is 13.2 Å². The van der Waals surface area contributed by atoms with Crippen LogP contribution in [0, 0.1) is 50.4 Å². The summed E-state index contributed by atoms with van der Waals surface area (Å²) in [5, 5.41) is 26.2. The minimum absolute atomic E-state index is 0.149. The fraction of sp³-hybridized carbons (Fsp3) is 0.0746. The number of aromatic nitrogens is 2. The zero-order chi connectivity index (χ0) is 51.0. The van der Waals surface area contributed by atoms with Gasteiger partial charge in [0.05, 0.1) is 50.6 Å². The van der Waals surface area contributed by atoms with Gasteiger partial charge in [0.2, 0.25) is 0 Å². The highest BCUT2D eigenvalue weighted by Crippen LogP contribution is 2.46. The first kappa shape index (κ1) is 45.7. The number of nitrogens with zero attached hydrogens (tertiary/aromatic N) is 4. The minimum atomic E-state index is -4.76. The SMILES string of the molecule is Cc1ccccc1-c1ccc2c3ccc(-c4ccccc4C)cc3n(-c3ccc(-c4cc(C#N)cc(C(F)(F)F)c4)c(-n4c5cc(-c6ccccc6C)ccc5c5ccc(-c6ccccc6C)cc54)c3C#N)c2c1. The molecule has 2 aromatic heterocycles. The van der Waals surface area contributed by atoms with E-state index in [0.717, 1.165) is 123 Å². The molecule has 0 bridgehead atoms. The third-order valence-electron chi connectivity index (χ3n) is 14.8. The molecular weight excluding hydrogens is 918 g/mol. The molecule has 0 radical (unpaired) electrons. The Morgan fingerprint density at radius 3 is 1.09 bits per heavy atom. The molecule has 0 spiro atoms. The summed E-state index contributed by atoms with van der Waals surface area (Å²) in [6.07, 6.45) is -4.76. The number of halogens is 3. The second-order valence-electron chi connectivity index (χ2n) is 19.2. The zero-order valence-electron chi connectivity index (χ0n) is 41.0. The van der Waals surface area contributed by atoms with Gasteiger partial charge in [-0.05, 0) is 149 Å². The quantitative estimate of drug-likeness (QED) is 0.160. The van der Waals surface area contributed by atoms with E-state index < -0.39 is 11.7 Å². The third kappa shape index (κ3) is 7.52. The number of aryl methyl sites for hydroxylation is 4. The Morgan fingerprint density at radius 1 is 0.365 bits per heavy atom. The predicted octanol–water partition coefficient (Wildman–Crippen LogP) is 18.2. The first-order valence-electron chi connectivity index (χ1n) is 24.5. The van der Waals surface area contributed by atoms with E-state index in [2.05, 4.69) is 164 Å². The topological polar surface area (TPSA) is 57.4 Å². The van der Waals surface area contributed by atoms with Crippen LogP contribution in [0.1, 0.15) is 38.9 Å². The van der Waals surface area contributed by atoms with Crippen LogP contribution in [0.15, 0.2) is 200 Å². The number of nitriles is 2. The highest BCUT2D eigenvalue weighted by molar-refractivity contribution is 6.14. The standard InChI is InChI=1S/C67H45F3N4/c1-40-13-5-9-17-51(40)45-21-25-56-57-26-22-46(52-18-10-6-14-41(52)2)35-63(57)73(62(56)34-45)61-30-29-55(49-31-44(38-71)32-50(33-49)67(68,69)70)66(60(61)39-72)74-64-36-47(53-19-11-7-15-42(53)3)23-27-58(64)59-28-24-48(37-65(59)74)54-20-12-8-16-43(54)4/h5-37H,1-4H3. The number of benzene rings is 10. The molecule has 12 aromatic rings. The van der Waals surface area contributed by atoms with Crippen molar-refractivity contribution in [2.24, 2.45) is 0 Å². The smallest absolute Gasteiger partial charge is 0.308 e. The van der Waals surface area contributed by atoms with Crippen molar-refractivity contribution >= 4 is 43.6 Å². The Hall–Kier alpha value is -9.43. The van der Waals surface area contributed by atoms with Gasteiger partial charge in [-0.1, -0.05) is 152 Å². The Bertz CT molecular complexity index is 4180. The van der Waals surface area contributed by atoms with Crippen LogP contribution < -0.4 is 0 Å². The van der Waals surface area contributed by atoms with E-state index in [1.165, 1.54) is 6.07 Å². The molecule has 0 aliphatic carbocycles. The maximum absolute atomic E-state index is 14.9. The van der Waals surface area contributed by atoms with Gasteiger partial charge in [-0.15, -0.1) is 0 Å². The highest BCUT2D eigenvalue weighted by Gasteiger charge is 2.33. The second-order valence-corrected chi connectivity index (χ2v) is 19.2. The molecule has 0 saturated heterocycles. The monoisotopic (exact) mass is 962 g/mol. The van der Waals surface area contributed by atoms with Crippen molar-refractivity contribution in [3.8, 4) is 79.1 Å². The average molecular weight is 963 g/mol. The third-order valence-corrected chi connectivity index (χ3v) is 14.8. The predicted molar refractivity (Wildman–Crippen MR) is 296 cm³/mol. The summed E-state index contributed by atoms with van der Waals surface area (Å²) >= 11 is 0. The van der Waals surface area contributed by atoms with E-state index in [0.29, 0.717) is 16.9 Å². The lowest BCUT2D eigenvalue weighted by atomic mass is 9.94. The molecule has 2 heterocycles. The molecular formula is C67H45F3N4. The number of alkyl halides is 3. The normalized spacial score (nSPS) is 11.7. The van der Waals surface area contributed by atoms with Crippen molar-refractivity contribution in [2.75, 3.05) is 0 Å². The molecule has 0 unspecified atom stereocenters. The molecule has 0 aliphatic rings. The van der Waals surface area contributed by atoms with Gasteiger partial charge < -0.3 is 9.13 Å². The molecule has 7 heteroatoms. The van der Waals surface area contributed by atoms with Gasteiger partial charge in [0.15, 0.2) is 0 Å². The number of fused-ring (bicyclic) bond motifs is 6. The number of hydrogen-bond acceptors (Lipinski definition) is 2. The van der Waals surface area contributed by atoms with Crippen LogP contribution in [-0.2, 0) is 6.18 Å². The molecule has 12 rings (SSSR count). The molecule has 74 heavy (non-hydrogen) atoms. The van der Waals surface area contributed by atoms with Crippen molar-refractivity contribution in [2.45, 2.75) is 33.9 Å². The van der Waals surface area contributed by atoms with Gasteiger partial charge in [0.25, 0.3) is 0 Å². The summed E-state index contributed by atoms with van der Waals surface area (Å²) in [6.45, 7) is 8.32. The fourth-order valence-electron chi connectivity index (χ4n) is 11.1. The van der Waals surface area contributed by atoms with Crippen LogP contribution >= 0.6 is 0 Å². The Balaban J connectivity index is 1.27. The maximum atomic E-state index is 14.9. The molecule has 0 saturated carbocycles. The van der Waals surface area contributed by atoms with Gasteiger partial charge in [-0.2, -0.15) is 23.7 Å². The second kappa shape index (κ2) is 17.7. The van der Waals surface area contributed by atoms with Crippen molar-refractivity contribution in [1.82, 2.24) is 9.13 Å². The Kier molecular flexibility index (Phi) is 10.9. The van der Waals surface area contributed by atoms with E-state index in [1.807, 2.05) is 66.7 Å². The number of hydrogen-bond donors (Lipinski definition) is 0. The molecule has 0 N–H and O–H groups in total. The van der Waals surface area contributed by atoms with Gasteiger partial charge in [-0.25, -0.2) is 0 Å². The summed E-state index contributed by atoms with van der Waals surface area (Å²) in [5.41, 5.74) is 16.2. The summed E-state index contributed by atoms with van der Waals surface area (Å²) in [4.78, 5) is 0. The van der Waals surface area contributed by atoms with Gasteiger partial charge in [-0.3, -0.25) is 0 Å². The van der Waals surface area contributed by atoms with Crippen molar-refractivity contribution in [3.05, 3.63) is 239 Å². The number of rotatable bonds is 7. The van der Waals surface area contributed by atoms with Gasteiger partial charge in [0.1, 0.15) is 11.6 Å². The molecule has 0 amide bonds. The molecule has 0 aliphatic heterocycles. The van der Waals surface area contributed by atoms with E-state index in [9.17, 15) is 23.7 Å². The average Bonchev–Trinajstić information content (AvgIpc) is 3.91. The van der Waals surface area contributed by atoms with Crippen LogP contribution in [-0.4, -0.2) is 9.13 Å². The molecule has 0 atom stereocenters. The Labute approximate surface area is 426 Å². The van der Waals surface area contributed by atoms with E-state index in [-0.39, 0.29) is 16.7 Å². The lowest BCUT2D eigenvalue weighted by molar-refractivity contribution is -0.137. The summed E-state index contributed by atoms with van der Waals surface area (Å²) in [6, 6.07) is 70.2. The first-order valence-corrected chi connectivity index (χ1v) is 24.5. The first-order chi connectivity index (χ1) is 35.9. The molecule has 10 aromatic carbocycles.